The summed E-state index contributed by atoms with van der Waals surface area (Å²) in [6, 6.07) is 15.8. The van der Waals surface area contributed by atoms with Crippen LogP contribution in [0.3, 0.4) is 0 Å². The number of ether oxygens (including phenoxy) is 4. The fourth-order valence-electron chi connectivity index (χ4n) is 10.1. The Morgan fingerprint density at radius 2 is 0.630 bits per heavy atom. The molecule has 13 heteroatoms. The number of phenols is 4. The molecule has 81 heavy (non-hydrogen) atoms. The number of hydrogen-bond acceptors (Lipinski definition) is 13. The molecule has 0 radical (unpaired) electrons. The summed E-state index contributed by atoms with van der Waals surface area (Å²) in [5.74, 6) is -1.97. The number of hydrogen-bond donors (Lipinski definition) is 4. The average Bonchev–Trinajstić information content (AvgIpc) is 3.39. The van der Waals surface area contributed by atoms with Crippen LogP contribution in [0.5, 0.6) is 23.0 Å². The van der Waals surface area contributed by atoms with E-state index in [2.05, 4.69) is 41.5 Å². The first-order valence-corrected chi connectivity index (χ1v) is 30.4. The van der Waals surface area contributed by atoms with Crippen molar-refractivity contribution in [3.63, 3.8) is 0 Å². The molecular weight excluding hydrogens is 1040 g/mol. The molecule has 2 unspecified atom stereocenters. The Morgan fingerprint density at radius 3 is 0.864 bits per heavy atom. The number of phenolic OH excluding ortho intramolecular Hbond substituents is 4. The van der Waals surface area contributed by atoms with Crippen LogP contribution in [-0.4, -0.2) is 82.2 Å². The van der Waals surface area contributed by atoms with Crippen molar-refractivity contribution < 1.29 is 58.6 Å². The summed E-state index contributed by atoms with van der Waals surface area (Å²) < 4.78 is 23.0. The number of carbonyl (C=O) groups excluding carboxylic acids is 4. The zero-order chi connectivity index (χ0) is 60.6. The maximum Gasteiger partial charge on any atom is 0.309 e. The van der Waals surface area contributed by atoms with E-state index in [0.717, 1.165) is 66.8 Å². The lowest BCUT2D eigenvalue weighted by Crippen LogP contribution is -2.25. The van der Waals surface area contributed by atoms with Crippen molar-refractivity contribution in [1.82, 2.24) is 0 Å². The molecule has 0 aliphatic carbocycles. The van der Waals surface area contributed by atoms with Crippen LogP contribution in [0.4, 0.5) is 0 Å². The topological polar surface area (TPSA) is 186 Å². The summed E-state index contributed by atoms with van der Waals surface area (Å²) in [7, 11) is 0. The zero-order valence-electron chi connectivity index (χ0n) is 52.0. The molecule has 4 aromatic rings. The highest BCUT2D eigenvalue weighted by molar-refractivity contribution is 7.99. The fourth-order valence-corrected chi connectivity index (χ4v) is 11.4. The van der Waals surface area contributed by atoms with Gasteiger partial charge in [-0.2, -0.15) is 11.8 Å². The maximum atomic E-state index is 14.0. The van der Waals surface area contributed by atoms with Gasteiger partial charge in [0.2, 0.25) is 0 Å². The number of aryl methyl sites for hydroxylation is 8. The minimum Gasteiger partial charge on any atom is -0.507 e. The van der Waals surface area contributed by atoms with E-state index < -0.39 is 35.7 Å². The van der Waals surface area contributed by atoms with Crippen molar-refractivity contribution in [2.24, 2.45) is 11.8 Å². The van der Waals surface area contributed by atoms with E-state index in [1.165, 1.54) is 11.8 Å². The monoisotopic (exact) mass is 1140 g/mol. The van der Waals surface area contributed by atoms with Gasteiger partial charge in [-0.15, -0.1) is 0 Å². The highest BCUT2D eigenvalue weighted by atomic mass is 32.2. The van der Waals surface area contributed by atoms with Crippen LogP contribution in [0.25, 0.3) is 0 Å². The molecule has 0 aliphatic rings. The molecule has 0 aromatic heterocycles. The van der Waals surface area contributed by atoms with Crippen molar-refractivity contribution in [2.75, 3.05) is 37.9 Å². The fraction of sp³-hybridized carbons (Fsp3) is 0.588. The predicted molar refractivity (Wildman–Crippen MR) is 326 cm³/mol. The van der Waals surface area contributed by atoms with Crippen molar-refractivity contribution in [2.45, 2.75) is 209 Å². The highest BCUT2D eigenvalue weighted by Gasteiger charge is 2.28. The molecule has 0 aliphatic heterocycles. The molecule has 0 spiro atoms. The number of esters is 4. The number of aromatic hydroxyl groups is 4. The van der Waals surface area contributed by atoms with Gasteiger partial charge < -0.3 is 39.4 Å². The van der Waals surface area contributed by atoms with Crippen molar-refractivity contribution in [3.05, 3.63) is 115 Å². The van der Waals surface area contributed by atoms with Crippen LogP contribution in [0, 0.1) is 39.5 Å². The molecule has 0 saturated carbocycles. The van der Waals surface area contributed by atoms with Gasteiger partial charge in [0.1, 0.15) is 23.0 Å². The third kappa shape index (κ3) is 21.5. The van der Waals surface area contributed by atoms with Gasteiger partial charge in [-0.1, -0.05) is 154 Å². The number of benzene rings is 4. The van der Waals surface area contributed by atoms with Gasteiger partial charge in [-0.3, -0.25) is 19.2 Å². The summed E-state index contributed by atoms with van der Waals surface area (Å²) in [6.45, 7) is 33.0. The number of thioether (sulfide) groups is 1. The molecule has 2 atom stereocenters. The van der Waals surface area contributed by atoms with Crippen LogP contribution >= 0.6 is 11.8 Å². The molecule has 0 heterocycles. The van der Waals surface area contributed by atoms with Gasteiger partial charge in [0, 0.05) is 24.3 Å². The normalized spacial score (nSPS) is 12.9. The Bertz CT molecular complexity index is 2580. The quantitative estimate of drug-likeness (QED) is 0.0239. The van der Waals surface area contributed by atoms with Crippen LogP contribution in [0.1, 0.15) is 201 Å². The summed E-state index contributed by atoms with van der Waals surface area (Å²) in [5.41, 5.74) is 9.68. The van der Waals surface area contributed by atoms with E-state index in [1.807, 2.05) is 118 Å². The third-order valence-electron chi connectivity index (χ3n) is 14.6. The van der Waals surface area contributed by atoms with Gasteiger partial charge in [0.25, 0.3) is 0 Å². The van der Waals surface area contributed by atoms with Gasteiger partial charge in [0.05, 0.1) is 38.3 Å². The highest BCUT2D eigenvalue weighted by Crippen LogP contribution is 2.39. The minimum atomic E-state index is -0.739. The van der Waals surface area contributed by atoms with Crippen LogP contribution in [0.15, 0.2) is 48.5 Å². The van der Waals surface area contributed by atoms with Gasteiger partial charge in [-0.25, -0.2) is 0 Å². The Morgan fingerprint density at radius 1 is 0.395 bits per heavy atom. The second-order valence-electron chi connectivity index (χ2n) is 26.5. The standard InChI is InChI=1S/C68H98O12S/c1-43-33-47(59(71)53(37-43)65(5,6)7)21-17-29-77-57(69)27-25-51(63(75)79-31-19-23-49-35-45(3)39-55(61(49)73)67(11,12)13)41-81-42-52(64(76)80-32-20-24-50-36-46(4)40-56(62(50)74)68(14,15)16)26-28-58(70)78-30-18-22-48-34-44(2)38-54(60(48)72)66(8,9)10/h33-40,51-52,71-74H,17-32,41-42H2,1-16H3. The second kappa shape index (κ2) is 30.0. The van der Waals surface area contributed by atoms with Crippen LogP contribution in [0.2, 0.25) is 0 Å². The molecule has 4 rings (SSSR count). The first-order valence-electron chi connectivity index (χ1n) is 29.2. The van der Waals surface area contributed by atoms with E-state index in [0.29, 0.717) is 51.4 Å². The Balaban J connectivity index is 1.45. The average molecular weight is 1140 g/mol. The predicted octanol–water partition coefficient (Wildman–Crippen LogP) is 14.5. The van der Waals surface area contributed by atoms with Crippen molar-refractivity contribution in [1.29, 1.82) is 0 Å². The summed E-state index contributed by atoms with van der Waals surface area (Å²) in [4.78, 5) is 54.4. The second-order valence-corrected chi connectivity index (χ2v) is 27.6. The lowest BCUT2D eigenvalue weighted by molar-refractivity contribution is -0.150. The molecule has 12 nitrogen and oxygen atoms in total. The molecule has 0 saturated heterocycles. The summed E-state index contributed by atoms with van der Waals surface area (Å²) >= 11 is 1.35. The SMILES string of the molecule is Cc1cc(CCCOC(=O)CCC(CSCC(CCC(=O)OCCCc2cc(C)cc(C(C)(C)C)c2O)C(=O)OCCCc2cc(C)cc(C(C)(C)C)c2O)C(=O)OCCCc2cc(C)cc(C(C)(C)C)c2O)c(O)c(C(C)(C)C)c1. The molecule has 0 fully saturated rings. The molecule has 0 amide bonds. The first kappa shape index (κ1) is 67.8. The maximum absolute atomic E-state index is 14.0. The lowest BCUT2D eigenvalue weighted by atomic mass is 9.83. The van der Waals surface area contributed by atoms with Crippen LogP contribution < -0.4 is 0 Å². The van der Waals surface area contributed by atoms with E-state index in [1.54, 1.807) is 0 Å². The van der Waals surface area contributed by atoms with Gasteiger partial charge >= 0.3 is 23.9 Å². The molecule has 4 aromatic carbocycles. The van der Waals surface area contributed by atoms with E-state index in [9.17, 15) is 39.6 Å². The first-order chi connectivity index (χ1) is 37.7. The Kier molecular flexibility index (Phi) is 25.1. The van der Waals surface area contributed by atoms with Crippen LogP contribution in [-0.2, 0) is 85.5 Å². The Hall–Kier alpha value is -5.69. The molecule has 4 N–H and O–H groups in total. The summed E-state index contributed by atoms with van der Waals surface area (Å²) in [6.07, 6.45) is 4.07. The largest absolute Gasteiger partial charge is 0.507 e. The molecule has 0 bridgehead atoms. The van der Waals surface area contributed by atoms with Crippen molar-refractivity contribution in [3.8, 4) is 23.0 Å². The van der Waals surface area contributed by atoms with Crippen molar-refractivity contribution >= 4 is 35.6 Å². The van der Waals surface area contributed by atoms with E-state index in [-0.39, 0.29) is 108 Å². The third-order valence-corrected chi connectivity index (χ3v) is 15.9. The minimum absolute atomic E-state index is 0.0523. The van der Waals surface area contributed by atoms with Gasteiger partial charge in [-0.05, 0) is 158 Å². The number of carbonyl (C=O) groups is 4. The number of rotatable bonds is 28. The summed E-state index contributed by atoms with van der Waals surface area (Å²) in [5, 5.41) is 44.5. The van der Waals surface area contributed by atoms with E-state index in [4.69, 9.17) is 18.9 Å². The molecule has 448 valence electrons. The molecular formula is C68H98O12S. The zero-order valence-corrected chi connectivity index (χ0v) is 52.8. The van der Waals surface area contributed by atoms with Gasteiger partial charge in [0.15, 0.2) is 0 Å². The smallest absolute Gasteiger partial charge is 0.309 e. The lowest BCUT2D eigenvalue weighted by Gasteiger charge is -2.23. The van der Waals surface area contributed by atoms with E-state index >= 15 is 0 Å². The Labute approximate surface area is 489 Å².